The van der Waals surface area contributed by atoms with Crippen LogP contribution in [-0.2, 0) is 16.1 Å². The first-order valence-corrected chi connectivity index (χ1v) is 9.53. The number of carbonyl (C=O) groups excluding carboxylic acids is 2. The smallest absolute Gasteiger partial charge is 0.365 e. The lowest BCUT2D eigenvalue weighted by atomic mass is 10.2. The Kier molecular flexibility index (Phi) is 4.63. The van der Waals surface area contributed by atoms with E-state index in [2.05, 4.69) is 15.3 Å². The number of benzene rings is 1. The average molecular weight is 411 g/mol. The molecule has 0 saturated carbocycles. The van der Waals surface area contributed by atoms with Gasteiger partial charge in [0.05, 0.1) is 23.7 Å². The van der Waals surface area contributed by atoms with Crippen molar-refractivity contribution < 1.29 is 14.3 Å². The van der Waals surface area contributed by atoms with Crippen LogP contribution in [-0.4, -0.2) is 38.2 Å². The van der Waals surface area contributed by atoms with Crippen LogP contribution < -0.4 is 11.0 Å². The molecule has 0 aliphatic heterocycles. The number of carbonyl (C=O) groups is 2. The second-order valence-corrected chi connectivity index (χ2v) is 7.62. The maximum absolute atomic E-state index is 12.6. The van der Waals surface area contributed by atoms with E-state index in [1.807, 2.05) is 13.8 Å². The van der Waals surface area contributed by atoms with E-state index in [4.69, 9.17) is 4.74 Å². The predicted molar refractivity (Wildman–Crippen MR) is 109 cm³/mol. The van der Waals surface area contributed by atoms with Gasteiger partial charge >= 0.3 is 11.7 Å². The standard InChI is InChI=1S/C19H17N5O4S/c1-10-11(2)29-17-15(10)16-22-19(27)23(24(16)9-20-17)8-14(25)21-13-7-5-4-6-12(13)18(26)28-3/h4-7,9H,8H2,1-3H3,(H,21,25). The highest BCUT2D eigenvalue weighted by atomic mass is 32.1. The van der Waals surface area contributed by atoms with Crippen LogP contribution in [0.15, 0.2) is 35.4 Å². The van der Waals surface area contributed by atoms with Gasteiger partial charge in [0, 0.05) is 4.88 Å². The van der Waals surface area contributed by atoms with Crippen molar-refractivity contribution in [2.75, 3.05) is 12.4 Å². The summed E-state index contributed by atoms with van der Waals surface area (Å²) >= 11 is 1.53. The third-order valence-corrected chi connectivity index (χ3v) is 5.79. The first kappa shape index (κ1) is 18.8. The molecule has 4 aromatic rings. The van der Waals surface area contributed by atoms with Crippen molar-refractivity contribution >= 4 is 44.8 Å². The molecule has 0 bridgehead atoms. The van der Waals surface area contributed by atoms with Gasteiger partial charge in [-0.2, -0.15) is 4.98 Å². The minimum absolute atomic E-state index is 0.224. The number of fused-ring (bicyclic) bond motifs is 3. The molecule has 4 rings (SSSR count). The van der Waals surface area contributed by atoms with Gasteiger partial charge in [-0.3, -0.25) is 4.79 Å². The van der Waals surface area contributed by atoms with Gasteiger partial charge in [0.15, 0.2) is 5.65 Å². The Morgan fingerprint density at radius 2 is 2.00 bits per heavy atom. The van der Waals surface area contributed by atoms with E-state index < -0.39 is 17.6 Å². The molecule has 10 heteroatoms. The Morgan fingerprint density at radius 1 is 1.24 bits per heavy atom. The SMILES string of the molecule is COC(=O)c1ccccc1NC(=O)Cn1c(=O)nc2c3c(C)c(C)sc3ncn21. The Hall–Kier alpha value is -3.53. The molecule has 1 aromatic carbocycles. The van der Waals surface area contributed by atoms with Gasteiger partial charge < -0.3 is 10.1 Å². The molecule has 0 fully saturated rings. The number of anilines is 1. The summed E-state index contributed by atoms with van der Waals surface area (Å²) in [6.07, 6.45) is 1.48. The van der Waals surface area contributed by atoms with Crippen molar-refractivity contribution in [2.45, 2.75) is 20.4 Å². The molecule has 1 N–H and O–H groups in total. The number of aromatic nitrogens is 4. The number of ether oxygens (including phenoxy) is 1. The van der Waals surface area contributed by atoms with E-state index in [0.29, 0.717) is 11.3 Å². The lowest BCUT2D eigenvalue weighted by Crippen LogP contribution is -2.29. The van der Waals surface area contributed by atoms with Gasteiger partial charge in [0.2, 0.25) is 5.91 Å². The number of aryl methyl sites for hydroxylation is 2. The molecule has 0 spiro atoms. The zero-order chi connectivity index (χ0) is 20.7. The van der Waals surface area contributed by atoms with Crippen LogP contribution in [0, 0.1) is 13.8 Å². The summed E-state index contributed by atoms with van der Waals surface area (Å²) in [4.78, 5) is 47.3. The maximum atomic E-state index is 12.6. The molecule has 3 heterocycles. The monoisotopic (exact) mass is 411 g/mol. The Morgan fingerprint density at radius 3 is 2.76 bits per heavy atom. The number of nitrogens with zero attached hydrogens (tertiary/aromatic N) is 4. The summed E-state index contributed by atoms with van der Waals surface area (Å²) in [6.45, 7) is 3.65. The molecule has 29 heavy (non-hydrogen) atoms. The van der Waals surface area contributed by atoms with Gasteiger partial charge in [-0.15, -0.1) is 11.3 Å². The summed E-state index contributed by atoms with van der Waals surface area (Å²) in [5.74, 6) is -1.05. The van der Waals surface area contributed by atoms with E-state index in [9.17, 15) is 14.4 Å². The number of amides is 1. The number of methoxy groups -OCH3 is 1. The lowest BCUT2D eigenvalue weighted by molar-refractivity contribution is -0.117. The molecule has 1 amide bonds. The number of nitrogens with one attached hydrogen (secondary N) is 1. The van der Waals surface area contributed by atoms with Crippen LogP contribution in [0.2, 0.25) is 0 Å². The fourth-order valence-electron chi connectivity index (χ4n) is 3.11. The third-order valence-electron chi connectivity index (χ3n) is 4.67. The summed E-state index contributed by atoms with van der Waals surface area (Å²) in [5, 5.41) is 3.46. The third kappa shape index (κ3) is 3.17. The molecule has 0 radical (unpaired) electrons. The Bertz CT molecular complexity index is 1330. The van der Waals surface area contributed by atoms with Crippen LogP contribution in [0.3, 0.4) is 0 Å². The zero-order valence-corrected chi connectivity index (χ0v) is 16.7. The van der Waals surface area contributed by atoms with Crippen LogP contribution in [0.5, 0.6) is 0 Å². The van der Waals surface area contributed by atoms with Gasteiger partial charge in [0.25, 0.3) is 0 Å². The van der Waals surface area contributed by atoms with E-state index >= 15 is 0 Å². The van der Waals surface area contributed by atoms with E-state index in [0.717, 1.165) is 20.7 Å². The molecule has 0 atom stereocenters. The van der Waals surface area contributed by atoms with Crippen molar-refractivity contribution in [1.29, 1.82) is 0 Å². The molecular formula is C19H17N5O4S. The number of thiophene rings is 1. The average Bonchev–Trinajstić information content (AvgIpc) is 3.17. The van der Waals surface area contributed by atoms with Crippen molar-refractivity contribution in [3.05, 3.63) is 57.1 Å². The highest BCUT2D eigenvalue weighted by molar-refractivity contribution is 7.18. The molecule has 0 aliphatic carbocycles. The molecule has 148 valence electrons. The van der Waals surface area contributed by atoms with Crippen molar-refractivity contribution in [1.82, 2.24) is 19.2 Å². The highest BCUT2D eigenvalue weighted by Crippen LogP contribution is 2.30. The molecule has 9 nitrogen and oxygen atoms in total. The maximum Gasteiger partial charge on any atom is 0.365 e. The highest BCUT2D eigenvalue weighted by Gasteiger charge is 2.18. The van der Waals surface area contributed by atoms with Gasteiger partial charge in [0.1, 0.15) is 17.7 Å². The van der Waals surface area contributed by atoms with Crippen molar-refractivity contribution in [3.63, 3.8) is 0 Å². The number of esters is 1. The molecule has 0 unspecified atom stereocenters. The number of hydrogen-bond donors (Lipinski definition) is 1. The van der Waals surface area contributed by atoms with Crippen LogP contribution >= 0.6 is 11.3 Å². The molecular weight excluding hydrogens is 394 g/mol. The Balaban J connectivity index is 1.69. The fourth-order valence-corrected chi connectivity index (χ4v) is 4.11. The number of para-hydroxylation sites is 1. The first-order chi connectivity index (χ1) is 13.9. The van der Waals surface area contributed by atoms with Gasteiger partial charge in [-0.05, 0) is 31.5 Å². The lowest BCUT2D eigenvalue weighted by Gasteiger charge is -2.10. The first-order valence-electron chi connectivity index (χ1n) is 8.71. The van der Waals surface area contributed by atoms with Crippen LogP contribution in [0.25, 0.3) is 15.9 Å². The summed E-state index contributed by atoms with van der Waals surface area (Å²) in [5.41, 5.74) is 1.44. The summed E-state index contributed by atoms with van der Waals surface area (Å²) in [7, 11) is 1.26. The minimum atomic E-state index is -0.567. The normalized spacial score (nSPS) is 11.1. The van der Waals surface area contributed by atoms with Crippen LogP contribution in [0.4, 0.5) is 5.69 Å². The zero-order valence-electron chi connectivity index (χ0n) is 15.9. The number of rotatable bonds is 4. The van der Waals surface area contributed by atoms with Gasteiger partial charge in [-0.1, -0.05) is 12.1 Å². The molecule has 3 aromatic heterocycles. The summed E-state index contributed by atoms with van der Waals surface area (Å²) in [6, 6.07) is 6.48. The molecule has 0 aliphatic rings. The van der Waals surface area contributed by atoms with E-state index in [-0.39, 0.29) is 12.1 Å². The van der Waals surface area contributed by atoms with Crippen molar-refractivity contribution in [2.24, 2.45) is 0 Å². The predicted octanol–water partition coefficient (Wildman–Crippen LogP) is 2.15. The largest absolute Gasteiger partial charge is 0.465 e. The van der Waals surface area contributed by atoms with Crippen LogP contribution in [0.1, 0.15) is 20.8 Å². The Labute approximate surface area is 168 Å². The second kappa shape index (κ2) is 7.13. The summed E-state index contributed by atoms with van der Waals surface area (Å²) < 4.78 is 7.41. The van der Waals surface area contributed by atoms with E-state index in [1.165, 1.54) is 34.0 Å². The second-order valence-electron chi connectivity index (χ2n) is 6.41. The molecule has 0 saturated heterocycles. The topological polar surface area (TPSA) is 108 Å². The number of hydrogen-bond acceptors (Lipinski definition) is 7. The van der Waals surface area contributed by atoms with Gasteiger partial charge in [-0.25, -0.2) is 23.8 Å². The fraction of sp³-hybridized carbons (Fsp3) is 0.211. The minimum Gasteiger partial charge on any atom is -0.465 e. The van der Waals surface area contributed by atoms with Crippen molar-refractivity contribution in [3.8, 4) is 0 Å². The quantitative estimate of drug-likeness (QED) is 0.516. The van der Waals surface area contributed by atoms with E-state index in [1.54, 1.807) is 24.3 Å².